The van der Waals surface area contributed by atoms with E-state index >= 15 is 0 Å². The molecule has 2 aliphatic carbocycles. The largest absolute Gasteiger partial charge is 0.312 e. The number of sulfonamides is 1. The van der Waals surface area contributed by atoms with Crippen molar-refractivity contribution in [2.75, 3.05) is 13.1 Å². The second kappa shape index (κ2) is 5.70. The van der Waals surface area contributed by atoms with Gasteiger partial charge < -0.3 is 5.32 Å². The lowest BCUT2D eigenvalue weighted by atomic mass is 10.4. The van der Waals surface area contributed by atoms with Crippen LogP contribution in [0, 0.1) is 19.8 Å². The quantitative estimate of drug-likeness (QED) is 0.749. The fourth-order valence-corrected chi connectivity index (χ4v) is 4.09. The summed E-state index contributed by atoms with van der Waals surface area (Å²) in [6.45, 7) is 5.70. The highest BCUT2D eigenvalue weighted by atomic mass is 32.2. The zero-order chi connectivity index (χ0) is 15.0. The third-order valence-electron chi connectivity index (χ3n) is 4.18. The Morgan fingerprint density at radius 3 is 2.57 bits per heavy atom. The second-order valence-electron chi connectivity index (χ2n) is 6.25. The lowest BCUT2D eigenvalue weighted by Gasteiger charge is -2.08. The molecule has 2 N–H and O–H groups in total. The van der Waals surface area contributed by atoms with Crippen LogP contribution in [0.2, 0.25) is 0 Å². The molecule has 0 aromatic carbocycles. The molecule has 2 saturated carbocycles. The number of aryl methyl sites for hydroxylation is 1. The maximum absolute atomic E-state index is 12.4. The van der Waals surface area contributed by atoms with Gasteiger partial charge in [-0.1, -0.05) is 0 Å². The Bertz CT molecular complexity index is 615. The third kappa shape index (κ3) is 3.64. The van der Waals surface area contributed by atoms with Crippen LogP contribution in [0.15, 0.2) is 4.90 Å². The monoisotopic (exact) mass is 312 g/mol. The van der Waals surface area contributed by atoms with Crippen LogP contribution in [-0.2, 0) is 16.6 Å². The fraction of sp³-hybridized carbons (Fsp3) is 0.786. The maximum atomic E-state index is 12.4. The molecule has 0 radical (unpaired) electrons. The lowest BCUT2D eigenvalue weighted by molar-refractivity contribution is 0.539. The van der Waals surface area contributed by atoms with Crippen LogP contribution in [0.25, 0.3) is 0 Å². The van der Waals surface area contributed by atoms with Crippen LogP contribution in [0.5, 0.6) is 0 Å². The van der Waals surface area contributed by atoms with Crippen molar-refractivity contribution in [3.05, 3.63) is 11.4 Å². The Balaban J connectivity index is 1.69. The molecule has 1 heterocycles. The summed E-state index contributed by atoms with van der Waals surface area (Å²) in [5.74, 6) is 0.526. The Morgan fingerprint density at radius 2 is 1.95 bits per heavy atom. The molecule has 2 aliphatic rings. The lowest BCUT2D eigenvalue weighted by Crippen LogP contribution is -2.27. The minimum absolute atomic E-state index is 0.356. The summed E-state index contributed by atoms with van der Waals surface area (Å²) in [7, 11) is -3.44. The van der Waals surface area contributed by atoms with Gasteiger partial charge >= 0.3 is 0 Å². The van der Waals surface area contributed by atoms with Gasteiger partial charge in [0.05, 0.1) is 17.9 Å². The predicted octanol–water partition coefficient (Wildman–Crippen LogP) is 0.940. The van der Waals surface area contributed by atoms with E-state index in [2.05, 4.69) is 15.1 Å². The van der Waals surface area contributed by atoms with Crippen LogP contribution in [0.4, 0.5) is 0 Å². The van der Waals surface area contributed by atoms with E-state index in [9.17, 15) is 8.42 Å². The summed E-state index contributed by atoms with van der Waals surface area (Å²) < 4.78 is 29.4. The number of hydrogen-bond donors (Lipinski definition) is 2. The van der Waals surface area contributed by atoms with Crippen molar-refractivity contribution >= 4 is 10.0 Å². The summed E-state index contributed by atoms with van der Waals surface area (Å²) in [5.41, 5.74) is 1.32. The number of hydrogen-bond acceptors (Lipinski definition) is 4. The standard InChI is InChI=1S/C14H24N4O2S/c1-10-14(21(19,20)16-9-12-3-4-12)11(2)18(17-10)8-7-15-13-5-6-13/h12-13,15-16H,3-9H2,1-2H3. The van der Waals surface area contributed by atoms with Crippen molar-refractivity contribution in [1.82, 2.24) is 19.8 Å². The molecule has 0 amide bonds. The topological polar surface area (TPSA) is 76.0 Å². The molecule has 3 rings (SSSR count). The number of nitrogens with zero attached hydrogens (tertiary/aromatic N) is 2. The number of rotatable bonds is 8. The Kier molecular flexibility index (Phi) is 4.07. The first-order valence-corrected chi connectivity index (χ1v) is 9.23. The third-order valence-corrected chi connectivity index (χ3v) is 5.85. The Hall–Kier alpha value is -0.920. The first-order valence-electron chi connectivity index (χ1n) is 7.74. The van der Waals surface area contributed by atoms with Gasteiger partial charge in [0.15, 0.2) is 0 Å². The Morgan fingerprint density at radius 1 is 1.24 bits per heavy atom. The van der Waals surface area contributed by atoms with E-state index in [0.29, 0.717) is 35.6 Å². The fourth-order valence-electron chi connectivity index (χ4n) is 2.57. The van der Waals surface area contributed by atoms with Gasteiger partial charge in [-0.3, -0.25) is 4.68 Å². The van der Waals surface area contributed by atoms with E-state index in [4.69, 9.17) is 0 Å². The van der Waals surface area contributed by atoms with E-state index in [-0.39, 0.29) is 0 Å². The van der Waals surface area contributed by atoms with Crippen LogP contribution in [0.3, 0.4) is 0 Å². The summed E-state index contributed by atoms with van der Waals surface area (Å²) in [6, 6.07) is 0.658. The van der Waals surface area contributed by atoms with Gasteiger partial charge in [-0.2, -0.15) is 5.10 Å². The molecule has 1 aromatic heterocycles. The van der Waals surface area contributed by atoms with Crippen LogP contribution in [-0.4, -0.2) is 37.3 Å². The average molecular weight is 312 g/mol. The van der Waals surface area contributed by atoms with Gasteiger partial charge in [-0.05, 0) is 45.4 Å². The molecule has 0 aliphatic heterocycles. The molecule has 21 heavy (non-hydrogen) atoms. The van der Waals surface area contributed by atoms with E-state index in [0.717, 1.165) is 25.1 Å². The van der Waals surface area contributed by atoms with Gasteiger partial charge in [-0.15, -0.1) is 0 Å². The van der Waals surface area contributed by atoms with Gasteiger partial charge in [0, 0.05) is 19.1 Å². The van der Waals surface area contributed by atoms with Crippen LogP contribution >= 0.6 is 0 Å². The highest BCUT2D eigenvalue weighted by molar-refractivity contribution is 7.89. The first kappa shape index (κ1) is 15.0. The number of aromatic nitrogens is 2. The van der Waals surface area contributed by atoms with Crippen molar-refractivity contribution in [3.63, 3.8) is 0 Å². The molecular formula is C14H24N4O2S. The van der Waals surface area contributed by atoms with Crippen molar-refractivity contribution in [2.24, 2.45) is 5.92 Å². The molecule has 118 valence electrons. The summed E-state index contributed by atoms with van der Waals surface area (Å²) in [4.78, 5) is 0.356. The van der Waals surface area contributed by atoms with E-state index in [1.807, 2.05) is 6.92 Å². The van der Waals surface area contributed by atoms with Gasteiger partial charge in [0.1, 0.15) is 4.90 Å². The van der Waals surface area contributed by atoms with Crippen molar-refractivity contribution in [1.29, 1.82) is 0 Å². The van der Waals surface area contributed by atoms with Gasteiger partial charge in [0.25, 0.3) is 0 Å². The first-order chi connectivity index (χ1) is 9.97. The highest BCUT2D eigenvalue weighted by Crippen LogP contribution is 2.28. The van der Waals surface area contributed by atoms with E-state index < -0.39 is 10.0 Å². The van der Waals surface area contributed by atoms with Crippen molar-refractivity contribution < 1.29 is 8.42 Å². The zero-order valence-corrected chi connectivity index (χ0v) is 13.5. The predicted molar refractivity (Wildman–Crippen MR) is 80.6 cm³/mol. The minimum atomic E-state index is -3.44. The van der Waals surface area contributed by atoms with Gasteiger partial charge in [0.2, 0.25) is 10.0 Å². The molecule has 0 atom stereocenters. The summed E-state index contributed by atoms with van der Waals surface area (Å²) in [6.07, 6.45) is 4.77. The maximum Gasteiger partial charge on any atom is 0.244 e. The molecule has 0 spiro atoms. The minimum Gasteiger partial charge on any atom is -0.312 e. The molecule has 7 heteroatoms. The molecule has 0 saturated heterocycles. The molecule has 0 bridgehead atoms. The molecule has 1 aromatic rings. The number of nitrogens with one attached hydrogen (secondary N) is 2. The highest BCUT2D eigenvalue weighted by Gasteiger charge is 2.28. The smallest absolute Gasteiger partial charge is 0.244 e. The molecule has 6 nitrogen and oxygen atoms in total. The van der Waals surface area contributed by atoms with E-state index in [1.165, 1.54) is 12.8 Å². The van der Waals surface area contributed by atoms with Crippen molar-refractivity contribution in [3.8, 4) is 0 Å². The van der Waals surface area contributed by atoms with Crippen molar-refractivity contribution in [2.45, 2.75) is 57.0 Å². The van der Waals surface area contributed by atoms with Crippen LogP contribution < -0.4 is 10.0 Å². The van der Waals surface area contributed by atoms with Gasteiger partial charge in [-0.25, -0.2) is 13.1 Å². The molecule has 0 unspecified atom stereocenters. The van der Waals surface area contributed by atoms with Crippen LogP contribution in [0.1, 0.15) is 37.1 Å². The molecular weight excluding hydrogens is 288 g/mol. The normalized spacial score (nSPS) is 19.1. The Labute approximate surface area is 126 Å². The molecule has 2 fully saturated rings. The second-order valence-corrected chi connectivity index (χ2v) is 7.95. The average Bonchev–Trinajstić information content (AvgIpc) is 3.30. The SMILES string of the molecule is Cc1nn(CCNC2CC2)c(C)c1S(=O)(=O)NCC1CC1. The zero-order valence-electron chi connectivity index (χ0n) is 12.7. The van der Waals surface area contributed by atoms with E-state index in [1.54, 1.807) is 11.6 Å². The summed E-state index contributed by atoms with van der Waals surface area (Å²) in [5, 5.41) is 7.82. The summed E-state index contributed by atoms with van der Waals surface area (Å²) >= 11 is 0.